The average molecular weight is 400 g/mol. The van der Waals surface area contributed by atoms with Gasteiger partial charge in [-0.3, -0.25) is 14.2 Å². The summed E-state index contributed by atoms with van der Waals surface area (Å²) in [6.45, 7) is 0.506. The molecule has 3 aromatic rings. The van der Waals surface area contributed by atoms with Crippen molar-refractivity contribution in [2.45, 2.75) is 18.9 Å². The minimum Gasteiger partial charge on any atom is -0.497 e. The quantitative estimate of drug-likeness (QED) is 0.628. The van der Waals surface area contributed by atoms with Gasteiger partial charge in [0.05, 0.1) is 40.3 Å². The highest BCUT2D eigenvalue weighted by atomic mass is 35.5. The Kier molecular flexibility index (Phi) is 3.71. The van der Waals surface area contributed by atoms with Crippen molar-refractivity contribution in [2.24, 2.45) is 0 Å². The van der Waals surface area contributed by atoms with Crippen molar-refractivity contribution in [1.82, 2.24) is 14.5 Å². The Balaban J connectivity index is 1.94. The Labute approximate surface area is 164 Å². The van der Waals surface area contributed by atoms with E-state index >= 15 is 0 Å². The molecular formula is C20H15ClFN3O3. The molecule has 2 aliphatic rings. The first-order valence-corrected chi connectivity index (χ1v) is 9.29. The van der Waals surface area contributed by atoms with Gasteiger partial charge in [-0.15, -0.1) is 0 Å². The zero-order valence-corrected chi connectivity index (χ0v) is 15.7. The molecule has 0 N–H and O–H groups in total. The van der Waals surface area contributed by atoms with E-state index in [9.17, 15) is 14.0 Å². The van der Waals surface area contributed by atoms with Gasteiger partial charge >= 0.3 is 0 Å². The second-order valence-corrected chi connectivity index (χ2v) is 7.28. The van der Waals surface area contributed by atoms with E-state index in [0.29, 0.717) is 35.4 Å². The summed E-state index contributed by atoms with van der Waals surface area (Å²) in [5, 5.41) is 0.0760. The number of hydrogen-bond donors (Lipinski definition) is 0. The van der Waals surface area contributed by atoms with Crippen molar-refractivity contribution in [3.63, 3.8) is 0 Å². The van der Waals surface area contributed by atoms with E-state index in [1.807, 2.05) is 0 Å². The highest BCUT2D eigenvalue weighted by Crippen LogP contribution is 2.39. The maximum atomic E-state index is 14.2. The predicted octanol–water partition coefficient (Wildman–Crippen LogP) is 3.48. The van der Waals surface area contributed by atoms with Gasteiger partial charge in [-0.05, 0) is 43.2 Å². The van der Waals surface area contributed by atoms with E-state index in [1.165, 1.54) is 17.7 Å². The highest BCUT2D eigenvalue weighted by Gasteiger charge is 2.40. The minimum atomic E-state index is -0.698. The number of halogens is 2. The molecular weight excluding hydrogens is 385 g/mol. The van der Waals surface area contributed by atoms with Crippen LogP contribution in [0.5, 0.6) is 5.75 Å². The number of methoxy groups -OCH3 is 1. The van der Waals surface area contributed by atoms with Crippen LogP contribution in [0.15, 0.2) is 35.1 Å². The molecule has 0 unspecified atom stereocenters. The van der Waals surface area contributed by atoms with Crippen LogP contribution in [0.25, 0.3) is 16.6 Å². The molecule has 28 heavy (non-hydrogen) atoms. The van der Waals surface area contributed by atoms with Gasteiger partial charge in [0.25, 0.3) is 11.5 Å². The molecule has 2 aliphatic heterocycles. The van der Waals surface area contributed by atoms with Gasteiger partial charge in [-0.1, -0.05) is 11.6 Å². The van der Waals surface area contributed by atoms with Gasteiger partial charge < -0.3 is 9.64 Å². The second kappa shape index (κ2) is 6.04. The van der Waals surface area contributed by atoms with Crippen LogP contribution in [0.2, 0.25) is 5.02 Å². The molecule has 0 spiro atoms. The number of ether oxygens (including phenoxy) is 1. The largest absolute Gasteiger partial charge is 0.497 e. The zero-order chi connectivity index (χ0) is 19.6. The molecule has 142 valence electrons. The molecule has 8 heteroatoms. The summed E-state index contributed by atoms with van der Waals surface area (Å²) in [5.74, 6) is -0.0867. The van der Waals surface area contributed by atoms with E-state index in [2.05, 4.69) is 0 Å². The average Bonchev–Trinajstić information content (AvgIpc) is 3.16. The fourth-order valence-corrected chi connectivity index (χ4v) is 4.36. The predicted molar refractivity (Wildman–Crippen MR) is 102 cm³/mol. The molecule has 1 amide bonds. The van der Waals surface area contributed by atoms with Crippen LogP contribution in [-0.2, 0) is 0 Å². The zero-order valence-electron chi connectivity index (χ0n) is 14.9. The van der Waals surface area contributed by atoms with Gasteiger partial charge in [0.2, 0.25) is 0 Å². The second-order valence-electron chi connectivity index (χ2n) is 6.91. The van der Waals surface area contributed by atoms with Gasteiger partial charge in [0.1, 0.15) is 17.4 Å². The standard InChI is InChI=1S/C20H15ClFN3O3/c1-28-10-4-6-13-11(9-10)19(26)25-14-7-5-12(22)17(21)16(14)20(27)24-8-2-3-15(24)18(25)23-13/h4-7,9,15H,2-3,8H2,1H3/t15-/m0/s1. The molecule has 0 bridgehead atoms. The fourth-order valence-electron chi connectivity index (χ4n) is 4.12. The molecule has 1 fully saturated rings. The van der Waals surface area contributed by atoms with E-state index < -0.39 is 5.82 Å². The monoisotopic (exact) mass is 399 g/mol. The molecule has 2 aromatic carbocycles. The number of hydrogen-bond acceptors (Lipinski definition) is 4. The van der Waals surface area contributed by atoms with E-state index in [-0.39, 0.29) is 33.8 Å². The van der Waals surface area contributed by atoms with Crippen molar-refractivity contribution >= 4 is 28.4 Å². The van der Waals surface area contributed by atoms with Crippen molar-refractivity contribution in [2.75, 3.05) is 13.7 Å². The Hall–Kier alpha value is -2.93. The van der Waals surface area contributed by atoms with Crippen molar-refractivity contribution in [3.8, 4) is 11.4 Å². The maximum absolute atomic E-state index is 14.2. The number of nitrogens with zero attached hydrogens (tertiary/aromatic N) is 3. The van der Waals surface area contributed by atoms with Gasteiger partial charge in [-0.2, -0.15) is 0 Å². The van der Waals surface area contributed by atoms with Crippen LogP contribution in [0.3, 0.4) is 0 Å². The lowest BCUT2D eigenvalue weighted by Crippen LogP contribution is -2.31. The van der Waals surface area contributed by atoms with Crippen molar-refractivity contribution in [3.05, 3.63) is 62.9 Å². The summed E-state index contributed by atoms with van der Waals surface area (Å²) in [6, 6.07) is 7.29. The smallest absolute Gasteiger partial charge is 0.266 e. The Morgan fingerprint density at radius 2 is 2.07 bits per heavy atom. The molecule has 6 nitrogen and oxygen atoms in total. The third-order valence-corrected chi connectivity index (χ3v) is 5.81. The number of fused-ring (bicyclic) bond motifs is 6. The summed E-state index contributed by atoms with van der Waals surface area (Å²) in [6.07, 6.45) is 1.45. The first-order chi connectivity index (χ1) is 13.5. The number of benzene rings is 2. The van der Waals surface area contributed by atoms with Crippen LogP contribution >= 0.6 is 11.6 Å². The molecule has 1 saturated heterocycles. The maximum Gasteiger partial charge on any atom is 0.266 e. The number of carbonyl (C=O) groups excluding carboxylic acids is 1. The van der Waals surface area contributed by atoms with E-state index in [4.69, 9.17) is 21.3 Å². The highest BCUT2D eigenvalue weighted by molar-refractivity contribution is 6.34. The lowest BCUT2D eigenvalue weighted by molar-refractivity contribution is 0.0735. The summed E-state index contributed by atoms with van der Waals surface area (Å²) in [5.41, 5.74) is 0.430. The normalized spacial score (nSPS) is 17.9. The third kappa shape index (κ3) is 2.22. The molecule has 5 rings (SSSR count). The topological polar surface area (TPSA) is 64.4 Å². The lowest BCUT2D eigenvalue weighted by atomic mass is 10.1. The molecule has 3 heterocycles. The Morgan fingerprint density at radius 1 is 1.25 bits per heavy atom. The van der Waals surface area contributed by atoms with Gasteiger partial charge in [0.15, 0.2) is 0 Å². The first kappa shape index (κ1) is 17.2. The molecule has 1 atom stereocenters. The van der Waals surface area contributed by atoms with Crippen LogP contribution in [-0.4, -0.2) is 34.0 Å². The number of aromatic nitrogens is 2. The van der Waals surface area contributed by atoms with Crippen molar-refractivity contribution < 1.29 is 13.9 Å². The van der Waals surface area contributed by atoms with E-state index in [0.717, 1.165) is 12.5 Å². The lowest BCUT2D eigenvalue weighted by Gasteiger charge is -2.22. The summed E-state index contributed by atoms with van der Waals surface area (Å²) < 4.78 is 20.8. The molecule has 1 aromatic heterocycles. The van der Waals surface area contributed by atoms with Gasteiger partial charge in [-0.25, -0.2) is 9.37 Å². The molecule has 0 aliphatic carbocycles. The van der Waals surface area contributed by atoms with Crippen LogP contribution in [0.4, 0.5) is 4.39 Å². The van der Waals surface area contributed by atoms with Crippen LogP contribution in [0.1, 0.15) is 35.1 Å². The minimum absolute atomic E-state index is 0.00142. The van der Waals surface area contributed by atoms with Crippen LogP contribution < -0.4 is 10.3 Å². The van der Waals surface area contributed by atoms with Crippen molar-refractivity contribution in [1.29, 1.82) is 0 Å². The SMILES string of the molecule is COc1ccc2nc3n(c(=O)c2c1)-c1ccc(F)c(Cl)c1C(=O)N1CCC[C@@H]31. The van der Waals surface area contributed by atoms with E-state index in [1.54, 1.807) is 23.1 Å². The number of rotatable bonds is 1. The summed E-state index contributed by atoms with van der Waals surface area (Å²) in [4.78, 5) is 33.0. The first-order valence-electron chi connectivity index (χ1n) is 8.91. The Morgan fingerprint density at radius 3 is 2.86 bits per heavy atom. The molecule has 0 saturated carbocycles. The van der Waals surface area contributed by atoms with Gasteiger partial charge in [0, 0.05) is 6.54 Å². The third-order valence-electron chi connectivity index (χ3n) is 5.44. The molecule has 0 radical (unpaired) electrons. The summed E-state index contributed by atoms with van der Waals surface area (Å²) >= 11 is 6.18. The number of carbonyl (C=O) groups is 1. The number of amides is 1. The Bertz CT molecular complexity index is 1220. The van der Waals surface area contributed by atoms with Crippen LogP contribution in [0, 0.1) is 5.82 Å². The fraction of sp³-hybridized carbons (Fsp3) is 0.250. The summed E-state index contributed by atoms with van der Waals surface area (Å²) in [7, 11) is 1.52.